The lowest BCUT2D eigenvalue weighted by atomic mass is 10.3. The number of hydrogen-bond acceptors (Lipinski definition) is 2. The molecule has 1 heterocycles. The maximum Gasteiger partial charge on any atom is 0.0180 e. The van der Waals surface area contributed by atoms with Gasteiger partial charge in [0.2, 0.25) is 0 Å². The van der Waals surface area contributed by atoms with Crippen molar-refractivity contribution in [1.82, 2.24) is 4.90 Å². The average Bonchev–Trinajstić information content (AvgIpc) is 2.14. The Labute approximate surface area is 57.0 Å². The molecule has 0 bridgehead atoms. The number of nitrogens with two attached hydrogens (primary N) is 1. The maximum atomic E-state index is 5.72. The van der Waals surface area contributed by atoms with Gasteiger partial charge in [0.25, 0.3) is 0 Å². The molecule has 1 fully saturated rings. The SMILES string of the molecule is CC(C)N1CC[C@H](N)C1. The first kappa shape index (κ1) is 7.03. The van der Waals surface area contributed by atoms with Gasteiger partial charge in [0, 0.05) is 18.6 Å². The van der Waals surface area contributed by atoms with Gasteiger partial charge in [-0.05, 0) is 26.8 Å². The average molecular weight is 128 g/mol. The van der Waals surface area contributed by atoms with Crippen molar-refractivity contribution in [3.8, 4) is 0 Å². The first-order valence-electron chi connectivity index (χ1n) is 3.70. The molecule has 1 saturated heterocycles. The van der Waals surface area contributed by atoms with Crippen molar-refractivity contribution < 1.29 is 0 Å². The van der Waals surface area contributed by atoms with Gasteiger partial charge < -0.3 is 5.73 Å². The van der Waals surface area contributed by atoms with Crippen molar-refractivity contribution >= 4 is 0 Å². The van der Waals surface area contributed by atoms with Gasteiger partial charge in [-0.1, -0.05) is 0 Å². The van der Waals surface area contributed by atoms with Crippen LogP contribution < -0.4 is 5.73 Å². The molecule has 0 aromatic carbocycles. The summed E-state index contributed by atoms with van der Waals surface area (Å²) in [6.07, 6.45) is 1.18. The third-order valence-corrected chi connectivity index (χ3v) is 1.99. The molecular weight excluding hydrogens is 112 g/mol. The van der Waals surface area contributed by atoms with Crippen molar-refractivity contribution in [1.29, 1.82) is 0 Å². The second-order valence-corrected chi connectivity index (χ2v) is 3.14. The summed E-state index contributed by atoms with van der Waals surface area (Å²) in [7, 11) is 0. The Bertz CT molecular complexity index is 90.9. The first-order valence-corrected chi connectivity index (χ1v) is 3.70. The highest BCUT2D eigenvalue weighted by Gasteiger charge is 2.20. The van der Waals surface area contributed by atoms with E-state index in [4.69, 9.17) is 5.73 Å². The van der Waals surface area contributed by atoms with Crippen molar-refractivity contribution in [2.45, 2.75) is 32.4 Å². The second-order valence-electron chi connectivity index (χ2n) is 3.14. The molecule has 0 aromatic rings. The molecule has 0 amide bonds. The van der Waals surface area contributed by atoms with Crippen molar-refractivity contribution in [3.05, 3.63) is 0 Å². The third kappa shape index (κ3) is 1.66. The normalized spacial score (nSPS) is 30.0. The van der Waals surface area contributed by atoms with E-state index in [0.29, 0.717) is 12.1 Å². The molecule has 0 spiro atoms. The second kappa shape index (κ2) is 2.67. The zero-order valence-corrected chi connectivity index (χ0v) is 6.30. The van der Waals surface area contributed by atoms with Gasteiger partial charge in [-0.3, -0.25) is 4.90 Å². The molecule has 1 aliphatic rings. The summed E-state index contributed by atoms with van der Waals surface area (Å²) in [6, 6.07) is 1.12. The van der Waals surface area contributed by atoms with E-state index >= 15 is 0 Å². The fourth-order valence-electron chi connectivity index (χ4n) is 1.28. The summed E-state index contributed by atoms with van der Waals surface area (Å²) in [5.41, 5.74) is 5.72. The van der Waals surface area contributed by atoms with E-state index in [0.717, 1.165) is 6.54 Å². The molecule has 2 heteroatoms. The Morgan fingerprint density at radius 3 is 2.44 bits per heavy atom. The van der Waals surface area contributed by atoms with E-state index in [2.05, 4.69) is 18.7 Å². The summed E-state index contributed by atoms with van der Waals surface area (Å²) in [4.78, 5) is 2.42. The van der Waals surface area contributed by atoms with Gasteiger partial charge in [-0.25, -0.2) is 0 Å². The first-order chi connectivity index (χ1) is 4.20. The minimum absolute atomic E-state index is 0.437. The van der Waals surface area contributed by atoms with Gasteiger partial charge in [-0.15, -0.1) is 0 Å². The van der Waals surface area contributed by atoms with Crippen LogP contribution in [-0.2, 0) is 0 Å². The van der Waals surface area contributed by atoms with E-state index in [1.807, 2.05) is 0 Å². The van der Waals surface area contributed by atoms with Crippen LogP contribution in [0.5, 0.6) is 0 Å². The van der Waals surface area contributed by atoms with E-state index in [-0.39, 0.29) is 0 Å². The fourth-order valence-corrected chi connectivity index (χ4v) is 1.28. The van der Waals surface area contributed by atoms with Crippen LogP contribution in [0.3, 0.4) is 0 Å². The highest BCUT2D eigenvalue weighted by molar-refractivity contribution is 4.79. The van der Waals surface area contributed by atoms with Gasteiger partial charge in [0.05, 0.1) is 0 Å². The Hall–Kier alpha value is -0.0800. The molecule has 0 aromatic heterocycles. The number of likely N-dealkylation sites (tertiary alicyclic amines) is 1. The maximum absolute atomic E-state index is 5.72. The molecule has 9 heavy (non-hydrogen) atoms. The van der Waals surface area contributed by atoms with Crippen LogP contribution >= 0.6 is 0 Å². The Morgan fingerprint density at radius 1 is 1.56 bits per heavy atom. The minimum atomic E-state index is 0.437. The van der Waals surface area contributed by atoms with Crippen LogP contribution in [0.15, 0.2) is 0 Å². The van der Waals surface area contributed by atoms with Crippen molar-refractivity contribution in [2.75, 3.05) is 13.1 Å². The molecule has 0 radical (unpaired) electrons. The fraction of sp³-hybridized carbons (Fsp3) is 1.00. The summed E-state index contributed by atoms with van der Waals surface area (Å²) in [5.74, 6) is 0. The number of nitrogens with zero attached hydrogens (tertiary/aromatic N) is 1. The lowest BCUT2D eigenvalue weighted by Gasteiger charge is -2.19. The quantitative estimate of drug-likeness (QED) is 0.555. The van der Waals surface area contributed by atoms with Gasteiger partial charge >= 0.3 is 0 Å². The van der Waals surface area contributed by atoms with Crippen LogP contribution in [0.25, 0.3) is 0 Å². The lowest BCUT2D eigenvalue weighted by molar-refractivity contribution is 0.272. The van der Waals surface area contributed by atoms with E-state index in [1.165, 1.54) is 13.0 Å². The number of hydrogen-bond donors (Lipinski definition) is 1. The zero-order valence-electron chi connectivity index (χ0n) is 6.30. The highest BCUT2D eigenvalue weighted by Crippen LogP contribution is 2.09. The van der Waals surface area contributed by atoms with Crippen LogP contribution in [-0.4, -0.2) is 30.1 Å². The summed E-state index contributed by atoms with van der Waals surface area (Å²) in [5, 5.41) is 0. The van der Waals surface area contributed by atoms with Crippen molar-refractivity contribution in [3.63, 3.8) is 0 Å². The summed E-state index contributed by atoms with van der Waals surface area (Å²) < 4.78 is 0. The minimum Gasteiger partial charge on any atom is -0.326 e. The largest absolute Gasteiger partial charge is 0.326 e. The lowest BCUT2D eigenvalue weighted by Crippen LogP contribution is -2.31. The van der Waals surface area contributed by atoms with Crippen LogP contribution in [0.4, 0.5) is 0 Å². The van der Waals surface area contributed by atoms with Crippen LogP contribution in [0, 0.1) is 0 Å². The monoisotopic (exact) mass is 128 g/mol. The molecule has 2 nitrogen and oxygen atoms in total. The Kier molecular flexibility index (Phi) is 2.09. The third-order valence-electron chi connectivity index (χ3n) is 1.99. The Balaban J connectivity index is 2.30. The van der Waals surface area contributed by atoms with Crippen LogP contribution in [0.2, 0.25) is 0 Å². The summed E-state index contributed by atoms with van der Waals surface area (Å²) in [6.45, 7) is 6.73. The Morgan fingerprint density at radius 2 is 2.22 bits per heavy atom. The van der Waals surface area contributed by atoms with Crippen molar-refractivity contribution in [2.24, 2.45) is 5.73 Å². The van der Waals surface area contributed by atoms with E-state index in [9.17, 15) is 0 Å². The molecule has 0 aliphatic carbocycles. The van der Waals surface area contributed by atoms with E-state index in [1.54, 1.807) is 0 Å². The smallest absolute Gasteiger partial charge is 0.0180 e. The van der Waals surface area contributed by atoms with Crippen LogP contribution in [0.1, 0.15) is 20.3 Å². The van der Waals surface area contributed by atoms with Gasteiger partial charge in [0.1, 0.15) is 0 Å². The molecule has 1 rings (SSSR count). The molecule has 0 unspecified atom stereocenters. The topological polar surface area (TPSA) is 29.3 Å². The van der Waals surface area contributed by atoms with Gasteiger partial charge in [-0.2, -0.15) is 0 Å². The number of rotatable bonds is 1. The molecular formula is C7H16N2. The molecule has 1 aliphatic heterocycles. The molecule has 0 saturated carbocycles. The van der Waals surface area contributed by atoms with Gasteiger partial charge in [0.15, 0.2) is 0 Å². The predicted molar refractivity (Wildman–Crippen MR) is 39.3 cm³/mol. The predicted octanol–water partition coefficient (Wildman–Crippen LogP) is 0.428. The van der Waals surface area contributed by atoms with E-state index < -0.39 is 0 Å². The molecule has 2 N–H and O–H groups in total. The standard InChI is InChI=1S/C7H16N2/c1-6(2)9-4-3-7(8)5-9/h6-7H,3-5,8H2,1-2H3/t7-/m0/s1. The molecule has 54 valence electrons. The highest BCUT2D eigenvalue weighted by atomic mass is 15.2. The summed E-state index contributed by atoms with van der Waals surface area (Å²) >= 11 is 0. The zero-order chi connectivity index (χ0) is 6.85. The molecule has 1 atom stereocenters.